The van der Waals surface area contributed by atoms with Crippen molar-refractivity contribution in [2.45, 2.75) is 44.1 Å². The smallest absolute Gasteiger partial charge is 0.176 e. The van der Waals surface area contributed by atoms with Crippen LogP contribution >= 0.6 is 0 Å². The predicted molar refractivity (Wildman–Crippen MR) is 55.4 cm³/mol. The van der Waals surface area contributed by atoms with Crippen LogP contribution in [0.5, 0.6) is 0 Å². The number of hydrogen-bond donors (Lipinski definition) is 0. The zero-order chi connectivity index (χ0) is 8.27. The van der Waals surface area contributed by atoms with Crippen LogP contribution in [0, 0.1) is 0 Å². The lowest BCUT2D eigenvalue weighted by Gasteiger charge is -2.28. The molecule has 0 amide bonds. The molecule has 0 N–H and O–H groups in total. The Kier molecular flexibility index (Phi) is 3.82. The molecule has 1 aliphatic rings. The van der Waals surface area contributed by atoms with Crippen molar-refractivity contribution in [3.8, 4) is 0 Å². The largest absolute Gasteiger partial charge is 0.420 e. The average Bonchev–Trinajstić information content (AvgIpc) is 2.05. The van der Waals surface area contributed by atoms with Crippen molar-refractivity contribution in [2.75, 3.05) is 6.61 Å². The fraction of sp³-hybridized carbons (Fsp3) is 1.00. The molecule has 1 nitrogen and oxygen atoms in total. The maximum absolute atomic E-state index is 5.87. The van der Waals surface area contributed by atoms with Gasteiger partial charge in [0.1, 0.15) is 0 Å². The van der Waals surface area contributed by atoms with Gasteiger partial charge in [-0.1, -0.05) is 26.4 Å². The summed E-state index contributed by atoms with van der Waals surface area (Å²) in [6.07, 6.45) is 2.76. The van der Waals surface area contributed by atoms with Crippen LogP contribution in [0.4, 0.5) is 0 Å². The summed E-state index contributed by atoms with van der Waals surface area (Å²) in [4.78, 5) is 0. The van der Waals surface area contributed by atoms with E-state index in [-0.39, 0.29) is 0 Å². The molecule has 0 aromatic carbocycles. The zero-order valence-corrected chi connectivity index (χ0v) is 10.3. The Hall–Kier alpha value is 0.394. The molecule has 0 aromatic rings. The first kappa shape index (κ1) is 9.48. The molecule has 66 valence electrons. The van der Waals surface area contributed by atoms with Gasteiger partial charge in [-0.2, -0.15) is 0 Å². The minimum absolute atomic E-state index is 0.401. The zero-order valence-electron chi connectivity index (χ0n) is 7.97. The Morgan fingerprint density at radius 3 is 2.55 bits per heavy atom. The van der Waals surface area contributed by atoms with Crippen LogP contribution in [0.3, 0.4) is 0 Å². The molecule has 0 saturated carbocycles. The summed E-state index contributed by atoms with van der Waals surface area (Å²) in [5, 5.41) is 1.01. The summed E-state index contributed by atoms with van der Waals surface area (Å²) in [5.41, 5.74) is 0. The predicted octanol–water partition coefficient (Wildman–Crippen LogP) is 1.94. The third-order valence-corrected chi connectivity index (χ3v) is 11.4. The van der Waals surface area contributed by atoms with E-state index >= 15 is 0 Å². The molecule has 2 unspecified atom stereocenters. The maximum atomic E-state index is 5.87. The van der Waals surface area contributed by atoms with E-state index in [1.165, 1.54) is 18.9 Å². The van der Waals surface area contributed by atoms with E-state index in [1.807, 2.05) is 0 Å². The molecule has 0 spiro atoms. The van der Waals surface area contributed by atoms with Crippen LogP contribution in [0.25, 0.3) is 0 Å². The molecule has 1 rings (SSSR count). The summed E-state index contributed by atoms with van der Waals surface area (Å²) in [6, 6.07) is 1.45. The van der Waals surface area contributed by atoms with Crippen molar-refractivity contribution in [2.24, 2.45) is 0 Å². The quantitative estimate of drug-likeness (QED) is 0.602. The van der Waals surface area contributed by atoms with Crippen molar-refractivity contribution in [1.82, 2.24) is 0 Å². The van der Waals surface area contributed by atoms with Gasteiger partial charge >= 0.3 is 0 Å². The van der Waals surface area contributed by atoms with Crippen molar-refractivity contribution in [1.29, 1.82) is 0 Å². The second kappa shape index (κ2) is 4.43. The van der Waals surface area contributed by atoms with Gasteiger partial charge in [0.2, 0.25) is 0 Å². The topological polar surface area (TPSA) is 9.23 Å². The van der Waals surface area contributed by atoms with Crippen molar-refractivity contribution in [3.63, 3.8) is 0 Å². The van der Waals surface area contributed by atoms with E-state index in [1.54, 1.807) is 0 Å². The normalized spacial score (nSPS) is 28.9. The van der Waals surface area contributed by atoms with Gasteiger partial charge in [-0.15, -0.1) is 0 Å². The van der Waals surface area contributed by atoms with Crippen LogP contribution in [-0.4, -0.2) is 24.4 Å². The first-order chi connectivity index (χ1) is 5.22. The van der Waals surface area contributed by atoms with Crippen molar-refractivity contribution < 1.29 is 4.43 Å². The molecule has 2 atom stereocenters. The second-order valence-electron chi connectivity index (χ2n) is 4.01. The van der Waals surface area contributed by atoms with E-state index in [4.69, 9.17) is 4.43 Å². The van der Waals surface area contributed by atoms with Crippen LogP contribution in [0.2, 0.25) is 24.3 Å². The average molecular weight is 188 g/mol. The lowest BCUT2D eigenvalue weighted by atomic mass is 10.4. The summed E-state index contributed by atoms with van der Waals surface area (Å²) in [7, 11) is -1.12. The summed E-state index contributed by atoms with van der Waals surface area (Å²) < 4.78 is 5.87. The Morgan fingerprint density at radius 1 is 1.36 bits per heavy atom. The first-order valence-corrected chi connectivity index (χ1v) is 9.76. The van der Waals surface area contributed by atoms with Gasteiger partial charge in [0, 0.05) is 15.4 Å². The van der Waals surface area contributed by atoms with Gasteiger partial charge in [0.15, 0.2) is 9.04 Å². The van der Waals surface area contributed by atoms with Gasteiger partial charge in [0.05, 0.1) is 0 Å². The van der Waals surface area contributed by atoms with Gasteiger partial charge in [-0.25, -0.2) is 0 Å². The van der Waals surface area contributed by atoms with E-state index in [2.05, 4.69) is 20.0 Å². The first-order valence-electron chi connectivity index (χ1n) is 4.83. The molecule has 3 heteroatoms. The maximum Gasteiger partial charge on any atom is 0.176 e. The van der Waals surface area contributed by atoms with Crippen LogP contribution < -0.4 is 0 Å². The summed E-state index contributed by atoms with van der Waals surface area (Å²) in [6.45, 7) is 8.41. The van der Waals surface area contributed by atoms with E-state index in [9.17, 15) is 0 Å². The molecular formula is C8H20OSi2. The molecular weight excluding hydrogens is 168 g/mol. The molecule has 0 bridgehead atoms. The SMILES string of the molecule is CC([SiH](C)C)[SiH]1CCCCO1. The third kappa shape index (κ3) is 2.72. The molecule has 1 saturated heterocycles. The van der Waals surface area contributed by atoms with Gasteiger partial charge < -0.3 is 4.43 Å². The lowest BCUT2D eigenvalue weighted by molar-refractivity contribution is 0.285. The fourth-order valence-corrected chi connectivity index (χ4v) is 8.11. The summed E-state index contributed by atoms with van der Waals surface area (Å²) in [5.74, 6) is 0. The van der Waals surface area contributed by atoms with Crippen LogP contribution in [-0.2, 0) is 4.43 Å². The van der Waals surface area contributed by atoms with Gasteiger partial charge in [0.25, 0.3) is 0 Å². The lowest BCUT2D eigenvalue weighted by Crippen LogP contribution is -2.33. The van der Waals surface area contributed by atoms with Gasteiger partial charge in [-0.05, 0) is 17.6 Å². The second-order valence-corrected chi connectivity index (χ2v) is 11.4. The van der Waals surface area contributed by atoms with E-state index in [0.29, 0.717) is 0 Å². The third-order valence-electron chi connectivity index (χ3n) is 2.85. The minimum atomic E-state index is -0.716. The molecule has 1 aliphatic heterocycles. The monoisotopic (exact) mass is 188 g/mol. The highest BCUT2D eigenvalue weighted by Crippen LogP contribution is 2.23. The van der Waals surface area contributed by atoms with E-state index < -0.39 is 17.8 Å². The van der Waals surface area contributed by atoms with Crippen molar-refractivity contribution in [3.05, 3.63) is 0 Å². The minimum Gasteiger partial charge on any atom is -0.420 e. The molecule has 0 radical (unpaired) electrons. The Bertz CT molecular complexity index is 111. The highest BCUT2D eigenvalue weighted by molar-refractivity contribution is 6.75. The fourth-order valence-electron chi connectivity index (χ4n) is 1.61. The highest BCUT2D eigenvalue weighted by Gasteiger charge is 2.25. The molecule has 0 aromatic heterocycles. The van der Waals surface area contributed by atoms with Crippen LogP contribution in [0.15, 0.2) is 0 Å². The summed E-state index contributed by atoms with van der Waals surface area (Å²) >= 11 is 0. The molecule has 0 aliphatic carbocycles. The molecule has 11 heavy (non-hydrogen) atoms. The Labute approximate surface area is 73.5 Å². The van der Waals surface area contributed by atoms with Crippen LogP contribution in [0.1, 0.15) is 19.8 Å². The molecule has 1 heterocycles. The van der Waals surface area contributed by atoms with Gasteiger partial charge in [-0.3, -0.25) is 0 Å². The molecule has 1 fully saturated rings. The number of rotatable bonds is 2. The Morgan fingerprint density at radius 2 is 2.09 bits per heavy atom. The van der Waals surface area contributed by atoms with Crippen molar-refractivity contribution >= 4 is 17.8 Å². The Balaban J connectivity index is 2.32. The standard InChI is InChI=1S/C8H20OSi2/c1-8(10(2)3)11-7-5-4-6-9-11/h8,10-11H,4-7H2,1-3H3. The van der Waals surface area contributed by atoms with E-state index in [0.717, 1.165) is 11.8 Å². The highest BCUT2D eigenvalue weighted by atomic mass is 28.3. The number of hydrogen-bond acceptors (Lipinski definition) is 1.